The van der Waals surface area contributed by atoms with E-state index >= 15 is 0 Å². The van der Waals surface area contributed by atoms with Crippen LogP contribution in [0.4, 0.5) is 5.69 Å². The van der Waals surface area contributed by atoms with Crippen molar-refractivity contribution >= 4 is 17.5 Å². The maximum atomic E-state index is 12.9. The van der Waals surface area contributed by atoms with Crippen molar-refractivity contribution in [3.63, 3.8) is 0 Å². The van der Waals surface area contributed by atoms with Gasteiger partial charge in [0.15, 0.2) is 0 Å². The van der Waals surface area contributed by atoms with Crippen LogP contribution in [0.2, 0.25) is 0 Å². The molecule has 2 saturated heterocycles. The second-order valence-corrected chi connectivity index (χ2v) is 8.61. The molecule has 0 aromatic heterocycles. The number of aliphatic hydroxyl groups is 1. The standard InChI is InChI=1S/C24H36N2O3/c1-2-3-4-5-6-7-8-12-15-21(27)20-17-16-19-22(25-20)24(29)26(23(19)28)18-13-10-9-11-14-18/h9-11,13-14,19-22,25,27H,2-8,12,15-17H2,1H3/t19?,20?,21?,22-/m0/s1. The average molecular weight is 401 g/mol. The molecule has 4 atom stereocenters. The Kier molecular flexibility index (Phi) is 8.25. The molecule has 5 nitrogen and oxygen atoms in total. The number of amides is 2. The molecule has 3 unspecified atom stereocenters. The monoisotopic (exact) mass is 400 g/mol. The van der Waals surface area contributed by atoms with Crippen LogP contribution in [0.5, 0.6) is 0 Å². The normalized spacial score (nSPS) is 25.3. The second kappa shape index (κ2) is 10.9. The van der Waals surface area contributed by atoms with E-state index < -0.39 is 12.1 Å². The summed E-state index contributed by atoms with van der Waals surface area (Å²) in [6.45, 7) is 2.23. The number of hydrogen-bond donors (Lipinski definition) is 2. The Labute approximate surface area is 174 Å². The van der Waals surface area contributed by atoms with Gasteiger partial charge >= 0.3 is 0 Å². The van der Waals surface area contributed by atoms with Crippen molar-refractivity contribution in [2.75, 3.05) is 4.90 Å². The number of para-hydroxylation sites is 1. The summed E-state index contributed by atoms with van der Waals surface area (Å²) in [5.41, 5.74) is 0.634. The lowest BCUT2D eigenvalue weighted by atomic mass is 9.86. The first kappa shape index (κ1) is 22.0. The highest BCUT2D eigenvalue weighted by molar-refractivity contribution is 6.23. The van der Waals surface area contributed by atoms with Crippen LogP contribution < -0.4 is 10.2 Å². The Morgan fingerprint density at radius 2 is 1.62 bits per heavy atom. The lowest BCUT2D eigenvalue weighted by Gasteiger charge is -2.33. The van der Waals surface area contributed by atoms with Gasteiger partial charge in [-0.05, 0) is 31.4 Å². The van der Waals surface area contributed by atoms with Crippen molar-refractivity contribution in [1.29, 1.82) is 0 Å². The van der Waals surface area contributed by atoms with Crippen LogP contribution in [0.1, 0.15) is 77.6 Å². The third kappa shape index (κ3) is 5.46. The fourth-order valence-electron chi connectivity index (χ4n) is 4.70. The van der Waals surface area contributed by atoms with Gasteiger partial charge in [0, 0.05) is 6.04 Å². The lowest BCUT2D eigenvalue weighted by molar-refractivity contribution is -0.122. The van der Waals surface area contributed by atoms with Crippen LogP contribution in [0.25, 0.3) is 0 Å². The summed E-state index contributed by atoms with van der Waals surface area (Å²) in [7, 11) is 0. The fourth-order valence-corrected chi connectivity index (χ4v) is 4.70. The third-order valence-corrected chi connectivity index (χ3v) is 6.44. The molecule has 2 fully saturated rings. The van der Waals surface area contributed by atoms with Crippen LogP contribution in [-0.4, -0.2) is 35.1 Å². The van der Waals surface area contributed by atoms with Crippen LogP contribution in [-0.2, 0) is 9.59 Å². The number of carbonyl (C=O) groups excluding carboxylic acids is 2. The minimum Gasteiger partial charge on any atom is -0.392 e. The quantitative estimate of drug-likeness (QED) is 0.432. The number of imide groups is 1. The predicted molar refractivity (Wildman–Crippen MR) is 116 cm³/mol. The van der Waals surface area contributed by atoms with E-state index in [9.17, 15) is 14.7 Å². The number of benzene rings is 1. The number of anilines is 1. The van der Waals surface area contributed by atoms with E-state index in [1.54, 1.807) is 12.1 Å². The van der Waals surface area contributed by atoms with E-state index in [1.807, 2.05) is 18.2 Å². The molecule has 2 heterocycles. The molecule has 0 saturated carbocycles. The van der Waals surface area contributed by atoms with E-state index in [0.717, 1.165) is 25.7 Å². The zero-order chi connectivity index (χ0) is 20.6. The van der Waals surface area contributed by atoms with Gasteiger partial charge in [0.1, 0.15) is 0 Å². The summed E-state index contributed by atoms with van der Waals surface area (Å²) in [5.74, 6) is -0.612. The molecule has 2 N–H and O–H groups in total. The molecule has 1 aromatic carbocycles. The van der Waals surface area contributed by atoms with Crippen LogP contribution in [0, 0.1) is 5.92 Å². The Morgan fingerprint density at radius 3 is 2.31 bits per heavy atom. The molecular formula is C24H36N2O3. The van der Waals surface area contributed by atoms with E-state index in [-0.39, 0.29) is 23.8 Å². The lowest BCUT2D eigenvalue weighted by Crippen LogP contribution is -2.54. The highest BCUT2D eigenvalue weighted by Crippen LogP contribution is 2.33. The number of nitrogens with zero attached hydrogens (tertiary/aromatic N) is 1. The Hall–Kier alpha value is -1.72. The number of hydrogen-bond acceptors (Lipinski definition) is 4. The van der Waals surface area contributed by atoms with Crippen molar-refractivity contribution in [1.82, 2.24) is 5.32 Å². The summed E-state index contributed by atoms with van der Waals surface area (Å²) >= 11 is 0. The third-order valence-electron chi connectivity index (χ3n) is 6.44. The smallest absolute Gasteiger partial charge is 0.251 e. The summed E-state index contributed by atoms with van der Waals surface area (Å²) in [5, 5.41) is 13.9. The molecule has 1 aromatic rings. The number of rotatable bonds is 11. The average Bonchev–Trinajstić information content (AvgIpc) is 3.00. The van der Waals surface area contributed by atoms with Crippen molar-refractivity contribution in [2.24, 2.45) is 5.92 Å². The first-order valence-electron chi connectivity index (χ1n) is 11.5. The zero-order valence-corrected chi connectivity index (χ0v) is 17.7. The van der Waals surface area contributed by atoms with E-state index in [1.165, 1.54) is 43.4 Å². The Balaban J connectivity index is 1.44. The first-order valence-corrected chi connectivity index (χ1v) is 11.5. The molecule has 29 heavy (non-hydrogen) atoms. The molecule has 0 bridgehead atoms. The van der Waals surface area contributed by atoms with E-state index in [0.29, 0.717) is 12.1 Å². The molecule has 160 valence electrons. The molecule has 2 amide bonds. The number of fused-ring (bicyclic) bond motifs is 1. The van der Waals surface area contributed by atoms with Crippen LogP contribution in [0.3, 0.4) is 0 Å². The molecule has 0 aliphatic carbocycles. The molecule has 0 spiro atoms. The van der Waals surface area contributed by atoms with Gasteiger partial charge in [0.25, 0.3) is 5.91 Å². The molecule has 2 aliphatic heterocycles. The van der Waals surface area contributed by atoms with Crippen LogP contribution >= 0.6 is 0 Å². The Bertz CT molecular complexity index is 663. The fraction of sp³-hybridized carbons (Fsp3) is 0.667. The summed E-state index contributed by atoms with van der Waals surface area (Å²) in [6.07, 6.45) is 11.6. The van der Waals surface area contributed by atoms with Gasteiger partial charge in [0.2, 0.25) is 5.91 Å². The summed E-state index contributed by atoms with van der Waals surface area (Å²) in [6, 6.07) is 8.52. The topological polar surface area (TPSA) is 69.6 Å². The minimum atomic E-state index is -0.505. The van der Waals surface area contributed by atoms with Crippen molar-refractivity contribution in [3.8, 4) is 0 Å². The largest absolute Gasteiger partial charge is 0.392 e. The van der Waals surface area contributed by atoms with E-state index in [2.05, 4.69) is 12.2 Å². The first-order chi connectivity index (χ1) is 14.1. The number of nitrogens with one attached hydrogen (secondary N) is 1. The van der Waals surface area contributed by atoms with Gasteiger partial charge in [-0.3, -0.25) is 14.9 Å². The van der Waals surface area contributed by atoms with Gasteiger partial charge < -0.3 is 5.11 Å². The number of piperidine rings is 1. The minimum absolute atomic E-state index is 0.103. The highest BCUT2D eigenvalue weighted by atomic mass is 16.3. The zero-order valence-electron chi connectivity index (χ0n) is 17.7. The molecule has 3 rings (SSSR count). The van der Waals surface area contributed by atoms with Gasteiger partial charge in [-0.25, -0.2) is 4.90 Å². The molecular weight excluding hydrogens is 364 g/mol. The second-order valence-electron chi connectivity index (χ2n) is 8.61. The molecule has 0 radical (unpaired) electrons. The van der Waals surface area contributed by atoms with Gasteiger partial charge in [0.05, 0.1) is 23.8 Å². The van der Waals surface area contributed by atoms with Crippen LogP contribution in [0.15, 0.2) is 30.3 Å². The van der Waals surface area contributed by atoms with E-state index in [4.69, 9.17) is 0 Å². The van der Waals surface area contributed by atoms with Crippen molar-refractivity contribution < 1.29 is 14.7 Å². The molecule has 5 heteroatoms. The SMILES string of the molecule is CCCCCCCCCCC(O)C1CCC2C(=O)N(c3ccccc3)C(=O)[C@H]2N1. The summed E-state index contributed by atoms with van der Waals surface area (Å²) in [4.78, 5) is 27.0. The van der Waals surface area contributed by atoms with Crippen molar-refractivity contribution in [3.05, 3.63) is 30.3 Å². The van der Waals surface area contributed by atoms with Crippen molar-refractivity contribution in [2.45, 2.75) is 95.7 Å². The van der Waals surface area contributed by atoms with Gasteiger partial charge in [-0.15, -0.1) is 0 Å². The highest BCUT2D eigenvalue weighted by Gasteiger charge is 2.51. The van der Waals surface area contributed by atoms with Gasteiger partial charge in [-0.2, -0.15) is 0 Å². The number of carbonyl (C=O) groups is 2. The maximum absolute atomic E-state index is 12.9. The summed E-state index contributed by atoms with van der Waals surface area (Å²) < 4.78 is 0. The Morgan fingerprint density at radius 1 is 0.966 bits per heavy atom. The molecule has 2 aliphatic rings. The predicted octanol–water partition coefficient (Wildman–Crippen LogP) is 4.19. The van der Waals surface area contributed by atoms with Gasteiger partial charge in [-0.1, -0.05) is 76.5 Å². The maximum Gasteiger partial charge on any atom is 0.251 e. The number of unbranched alkanes of at least 4 members (excludes halogenated alkanes) is 7. The number of aliphatic hydroxyl groups excluding tert-OH is 1.